The number of hydrogen-bond acceptors (Lipinski definition) is 5. The first-order valence-electron chi connectivity index (χ1n) is 11.1. The number of hydrogen-bond donors (Lipinski definition) is 2. The first kappa shape index (κ1) is 21.5. The molecule has 1 aliphatic rings. The van der Waals surface area contributed by atoms with Crippen molar-refractivity contribution in [2.24, 2.45) is 0 Å². The minimum Gasteiger partial charge on any atom is -0.355 e. The van der Waals surface area contributed by atoms with E-state index >= 15 is 0 Å². The van der Waals surface area contributed by atoms with Gasteiger partial charge in [-0.15, -0.1) is 0 Å². The predicted octanol–water partition coefficient (Wildman–Crippen LogP) is 5.02. The average Bonchev–Trinajstić information content (AvgIpc) is 3.35. The molecule has 1 aliphatic heterocycles. The van der Waals surface area contributed by atoms with Crippen LogP contribution in [0.25, 0.3) is 11.0 Å². The van der Waals surface area contributed by atoms with Gasteiger partial charge in [0.1, 0.15) is 17.8 Å². The molecule has 32 heavy (non-hydrogen) atoms. The number of piperidine rings is 1. The number of amides is 1. The molecule has 0 spiro atoms. The van der Waals surface area contributed by atoms with Crippen LogP contribution in [0.4, 0.5) is 11.5 Å². The Bertz CT molecular complexity index is 1170. The van der Waals surface area contributed by atoms with Crippen LogP contribution in [0.5, 0.6) is 0 Å². The topological polar surface area (TPSA) is 86.8 Å². The summed E-state index contributed by atoms with van der Waals surface area (Å²) in [7, 11) is 0. The molecule has 164 valence electrons. The SMILES string of the molecule is CC.O=C(Nc1cccc(C2CCCN(c3ncnc4[nH]ccc34)C2)c1)c1cccnc1. The second-order valence-electron chi connectivity index (χ2n) is 7.54. The molecule has 7 nitrogen and oxygen atoms in total. The first-order valence-corrected chi connectivity index (χ1v) is 11.1. The molecule has 1 atom stereocenters. The van der Waals surface area contributed by atoms with E-state index in [1.807, 2.05) is 38.2 Å². The molecule has 7 heteroatoms. The van der Waals surface area contributed by atoms with E-state index in [9.17, 15) is 4.79 Å². The molecule has 0 aliphatic carbocycles. The lowest BCUT2D eigenvalue weighted by atomic mass is 9.90. The summed E-state index contributed by atoms with van der Waals surface area (Å²) in [5.41, 5.74) is 3.44. The van der Waals surface area contributed by atoms with E-state index in [4.69, 9.17) is 0 Å². The first-order chi connectivity index (χ1) is 15.8. The van der Waals surface area contributed by atoms with Crippen LogP contribution in [0.15, 0.2) is 67.4 Å². The summed E-state index contributed by atoms with van der Waals surface area (Å²) in [6.45, 7) is 5.86. The van der Waals surface area contributed by atoms with Crippen molar-refractivity contribution >= 4 is 28.4 Å². The van der Waals surface area contributed by atoms with Crippen LogP contribution >= 0.6 is 0 Å². The van der Waals surface area contributed by atoms with Crippen LogP contribution in [-0.2, 0) is 0 Å². The number of anilines is 2. The number of rotatable bonds is 4. The number of benzene rings is 1. The fourth-order valence-corrected chi connectivity index (χ4v) is 4.12. The van der Waals surface area contributed by atoms with Gasteiger partial charge in [0.15, 0.2) is 0 Å². The van der Waals surface area contributed by atoms with Gasteiger partial charge in [0, 0.05) is 43.3 Å². The molecule has 1 amide bonds. The fourth-order valence-electron chi connectivity index (χ4n) is 4.12. The van der Waals surface area contributed by atoms with Gasteiger partial charge in [0.2, 0.25) is 0 Å². The highest BCUT2D eigenvalue weighted by Crippen LogP contribution is 2.32. The fraction of sp³-hybridized carbons (Fsp3) is 0.280. The molecule has 0 radical (unpaired) electrons. The summed E-state index contributed by atoms with van der Waals surface area (Å²) in [6.07, 6.45) is 8.95. The number of fused-ring (bicyclic) bond motifs is 1. The van der Waals surface area contributed by atoms with Crippen molar-refractivity contribution in [3.8, 4) is 0 Å². The smallest absolute Gasteiger partial charge is 0.257 e. The monoisotopic (exact) mass is 428 g/mol. The summed E-state index contributed by atoms with van der Waals surface area (Å²) in [5.74, 6) is 1.20. The van der Waals surface area contributed by atoms with Crippen LogP contribution in [0.2, 0.25) is 0 Å². The van der Waals surface area contributed by atoms with E-state index in [1.165, 1.54) is 5.56 Å². The normalized spacial score (nSPS) is 15.7. The average molecular weight is 429 g/mol. The summed E-state index contributed by atoms with van der Waals surface area (Å²) in [5, 5.41) is 4.04. The molecule has 1 saturated heterocycles. The lowest BCUT2D eigenvalue weighted by molar-refractivity contribution is 0.102. The van der Waals surface area contributed by atoms with E-state index in [1.54, 1.807) is 30.9 Å². The Kier molecular flexibility index (Phi) is 6.75. The molecule has 1 unspecified atom stereocenters. The third-order valence-electron chi connectivity index (χ3n) is 5.59. The Morgan fingerprint density at radius 3 is 2.91 bits per heavy atom. The maximum atomic E-state index is 12.5. The number of carbonyl (C=O) groups is 1. The highest BCUT2D eigenvalue weighted by molar-refractivity contribution is 6.04. The number of aromatic nitrogens is 4. The number of aromatic amines is 1. The summed E-state index contributed by atoms with van der Waals surface area (Å²) < 4.78 is 0. The molecule has 5 rings (SSSR count). The maximum Gasteiger partial charge on any atom is 0.257 e. The van der Waals surface area contributed by atoms with Gasteiger partial charge in [-0.3, -0.25) is 9.78 Å². The van der Waals surface area contributed by atoms with E-state index < -0.39 is 0 Å². The highest BCUT2D eigenvalue weighted by atomic mass is 16.1. The van der Waals surface area contributed by atoms with Crippen LogP contribution in [0.3, 0.4) is 0 Å². The van der Waals surface area contributed by atoms with E-state index in [-0.39, 0.29) is 5.91 Å². The second-order valence-corrected chi connectivity index (χ2v) is 7.54. The summed E-state index contributed by atoms with van der Waals surface area (Å²) >= 11 is 0. The molecule has 0 saturated carbocycles. The Morgan fingerprint density at radius 1 is 1.16 bits per heavy atom. The largest absolute Gasteiger partial charge is 0.355 e. The molecule has 2 N–H and O–H groups in total. The van der Waals surface area contributed by atoms with E-state index in [0.717, 1.165) is 48.5 Å². The van der Waals surface area contributed by atoms with Gasteiger partial charge < -0.3 is 15.2 Å². The van der Waals surface area contributed by atoms with Crippen molar-refractivity contribution < 1.29 is 4.79 Å². The molecule has 1 aromatic carbocycles. The van der Waals surface area contributed by atoms with Gasteiger partial charge in [-0.2, -0.15) is 0 Å². The molecule has 0 bridgehead atoms. The number of nitrogens with one attached hydrogen (secondary N) is 2. The van der Waals surface area contributed by atoms with Crippen molar-refractivity contribution in [2.75, 3.05) is 23.3 Å². The number of H-pyrrole nitrogens is 1. The highest BCUT2D eigenvalue weighted by Gasteiger charge is 2.24. The van der Waals surface area contributed by atoms with E-state index in [2.05, 4.69) is 42.3 Å². The Labute approximate surface area is 187 Å². The van der Waals surface area contributed by atoms with Crippen molar-refractivity contribution in [1.29, 1.82) is 0 Å². The zero-order valence-corrected chi connectivity index (χ0v) is 18.5. The number of carbonyl (C=O) groups excluding carboxylic acids is 1. The quantitative estimate of drug-likeness (QED) is 0.477. The van der Waals surface area contributed by atoms with E-state index in [0.29, 0.717) is 11.5 Å². The van der Waals surface area contributed by atoms with Crippen LogP contribution in [0.1, 0.15) is 48.5 Å². The van der Waals surface area contributed by atoms with Gasteiger partial charge in [-0.1, -0.05) is 26.0 Å². The molecule has 1 fully saturated rings. The standard InChI is InChI=1S/C23H22N6O.C2H6/c30-23(17-5-2-9-24-13-17)28-19-7-1-4-16(12-19)18-6-3-11-29(14-18)22-20-8-10-25-21(20)26-15-27-22;1-2/h1-2,4-5,7-10,12-13,15,18H,3,6,11,14H2,(H,28,30)(H,25,26,27);1-2H3. The van der Waals surface area contributed by atoms with Crippen LogP contribution in [-0.4, -0.2) is 38.9 Å². The minimum atomic E-state index is -0.152. The Morgan fingerprint density at radius 2 is 2.06 bits per heavy atom. The van der Waals surface area contributed by atoms with Crippen molar-refractivity contribution in [2.45, 2.75) is 32.6 Å². The number of pyridine rings is 1. The van der Waals surface area contributed by atoms with Gasteiger partial charge in [0.25, 0.3) is 5.91 Å². The minimum absolute atomic E-state index is 0.152. The molecule has 3 aromatic heterocycles. The lowest BCUT2D eigenvalue weighted by Crippen LogP contribution is -2.35. The second kappa shape index (κ2) is 10.0. The zero-order chi connectivity index (χ0) is 22.3. The van der Waals surface area contributed by atoms with Gasteiger partial charge in [-0.25, -0.2) is 9.97 Å². The third kappa shape index (κ3) is 4.61. The Balaban J connectivity index is 0.00000119. The van der Waals surface area contributed by atoms with Crippen molar-refractivity contribution in [1.82, 2.24) is 19.9 Å². The van der Waals surface area contributed by atoms with Gasteiger partial charge in [-0.05, 0) is 48.7 Å². The molecular weight excluding hydrogens is 400 g/mol. The predicted molar refractivity (Wildman–Crippen MR) is 128 cm³/mol. The molecular formula is C25H28N6O. The van der Waals surface area contributed by atoms with Crippen molar-refractivity contribution in [3.63, 3.8) is 0 Å². The van der Waals surface area contributed by atoms with Crippen molar-refractivity contribution in [3.05, 3.63) is 78.5 Å². The summed E-state index contributed by atoms with van der Waals surface area (Å²) in [4.78, 5) is 30.8. The molecule has 4 heterocycles. The molecule has 4 aromatic rings. The lowest BCUT2D eigenvalue weighted by Gasteiger charge is -2.34. The van der Waals surface area contributed by atoms with Crippen LogP contribution < -0.4 is 10.2 Å². The van der Waals surface area contributed by atoms with Gasteiger partial charge in [0.05, 0.1) is 10.9 Å². The third-order valence-corrected chi connectivity index (χ3v) is 5.59. The Hall–Kier alpha value is -3.74. The summed E-state index contributed by atoms with van der Waals surface area (Å²) in [6, 6.07) is 13.7. The van der Waals surface area contributed by atoms with Crippen LogP contribution in [0, 0.1) is 0 Å². The maximum absolute atomic E-state index is 12.5. The van der Waals surface area contributed by atoms with Gasteiger partial charge >= 0.3 is 0 Å². The number of nitrogens with zero attached hydrogens (tertiary/aromatic N) is 4. The zero-order valence-electron chi connectivity index (χ0n) is 18.5.